The van der Waals surface area contributed by atoms with E-state index in [-0.39, 0.29) is 0 Å². The van der Waals surface area contributed by atoms with Gasteiger partial charge in [0.15, 0.2) is 0 Å². The molecule has 7 heteroatoms. The molecular formula is C32H34N4O3. The van der Waals surface area contributed by atoms with Crippen molar-refractivity contribution in [3.05, 3.63) is 78.5 Å². The molecule has 7 nitrogen and oxygen atoms in total. The first-order valence-electron chi connectivity index (χ1n) is 13.5. The number of nitrogen functional groups attached to an aromatic ring is 1. The molecule has 1 amide bonds. The van der Waals surface area contributed by atoms with Gasteiger partial charge in [-0.3, -0.25) is 0 Å². The average molecular weight is 523 g/mol. The largest absolute Gasteiger partial charge is 0.444 e. The fraction of sp³-hybridized carbons (Fsp3) is 0.344. The van der Waals surface area contributed by atoms with Crippen molar-refractivity contribution >= 4 is 22.8 Å². The van der Waals surface area contributed by atoms with Crippen LogP contribution in [0.4, 0.5) is 10.6 Å². The van der Waals surface area contributed by atoms with Crippen LogP contribution in [0, 0.1) is 5.92 Å². The molecule has 2 heterocycles. The highest BCUT2D eigenvalue weighted by molar-refractivity contribution is 5.96. The van der Waals surface area contributed by atoms with Crippen molar-refractivity contribution in [2.24, 2.45) is 5.92 Å². The molecular weight excluding hydrogens is 488 g/mol. The van der Waals surface area contributed by atoms with Crippen LogP contribution < -0.4 is 11.1 Å². The molecule has 2 fully saturated rings. The quantitative estimate of drug-likeness (QED) is 0.288. The standard InChI is InChI=1S/C32H34N4O3/c1-30(2,3)39-29(37)36-31(18-32(38,19-31)23-13-14-23)22-11-9-21(10-12-22)27-24(20-7-5-4-6-8-20)17-25-26(35-27)15-16-34-28(25)33/h4-12,15-17,23,38H,13-14,18-19H2,1-3H3,(H2,33,34)(H,36,37)/t31-,32-. The minimum absolute atomic E-state index is 0.308. The maximum atomic E-state index is 12.8. The lowest BCUT2D eigenvalue weighted by Gasteiger charge is -2.54. The van der Waals surface area contributed by atoms with E-state index in [0.29, 0.717) is 24.6 Å². The van der Waals surface area contributed by atoms with Gasteiger partial charge in [0, 0.05) is 35.6 Å². The van der Waals surface area contributed by atoms with E-state index >= 15 is 0 Å². The number of ether oxygens (including phenoxy) is 1. The number of carbonyl (C=O) groups excluding carboxylic acids is 1. The van der Waals surface area contributed by atoms with Gasteiger partial charge in [0.1, 0.15) is 11.4 Å². The number of aliphatic hydroxyl groups is 1. The molecule has 0 radical (unpaired) electrons. The number of aromatic nitrogens is 2. The van der Waals surface area contributed by atoms with E-state index < -0.39 is 22.8 Å². The smallest absolute Gasteiger partial charge is 0.408 e. The summed E-state index contributed by atoms with van der Waals surface area (Å²) < 4.78 is 5.59. The lowest BCUT2D eigenvalue weighted by Crippen LogP contribution is -2.64. The second-order valence-corrected chi connectivity index (χ2v) is 12.0. The molecule has 2 aliphatic rings. The van der Waals surface area contributed by atoms with E-state index in [1.165, 1.54) is 0 Å². The Morgan fingerprint density at radius 1 is 1.03 bits per heavy atom. The number of benzene rings is 2. The van der Waals surface area contributed by atoms with Crippen LogP contribution >= 0.6 is 0 Å². The predicted octanol–water partition coefficient (Wildman–Crippen LogP) is 6.20. The highest BCUT2D eigenvalue weighted by Gasteiger charge is 2.61. The SMILES string of the molecule is CC(C)(C)OC(=O)N[C@]1(c2ccc(-c3nc4ccnc(N)c4cc3-c3ccccc3)cc2)C[C@](O)(C2CC2)C1. The number of nitrogens with two attached hydrogens (primary N) is 1. The predicted molar refractivity (Wildman–Crippen MR) is 153 cm³/mol. The summed E-state index contributed by atoms with van der Waals surface area (Å²) in [5.41, 5.74) is 9.64. The van der Waals surface area contributed by atoms with Gasteiger partial charge in [-0.25, -0.2) is 14.8 Å². The second kappa shape index (κ2) is 9.06. The molecule has 4 N–H and O–H groups in total. The summed E-state index contributed by atoms with van der Waals surface area (Å²) in [5.74, 6) is 0.755. The zero-order valence-electron chi connectivity index (χ0n) is 22.6. The lowest BCUT2D eigenvalue weighted by atomic mass is 9.59. The Morgan fingerprint density at radius 3 is 2.36 bits per heavy atom. The molecule has 0 atom stereocenters. The third-order valence-corrected chi connectivity index (χ3v) is 7.86. The Kier molecular flexibility index (Phi) is 5.88. The van der Waals surface area contributed by atoms with Gasteiger partial charge >= 0.3 is 6.09 Å². The van der Waals surface area contributed by atoms with E-state index in [4.69, 9.17) is 15.5 Å². The van der Waals surface area contributed by atoms with E-state index in [0.717, 1.165) is 51.7 Å². The number of nitrogens with one attached hydrogen (secondary N) is 1. The van der Waals surface area contributed by atoms with Crippen LogP contribution in [0.5, 0.6) is 0 Å². The highest BCUT2D eigenvalue weighted by Crippen LogP contribution is 2.58. The Hall–Kier alpha value is -3.97. The summed E-state index contributed by atoms with van der Waals surface area (Å²) in [6.07, 6.45) is 4.21. The molecule has 4 aromatic rings. The molecule has 0 unspecified atom stereocenters. The van der Waals surface area contributed by atoms with Crippen molar-refractivity contribution in [2.75, 3.05) is 5.73 Å². The van der Waals surface area contributed by atoms with Crippen molar-refractivity contribution in [2.45, 2.75) is 63.2 Å². The number of pyridine rings is 2. The van der Waals surface area contributed by atoms with E-state index in [1.807, 2.05) is 69.3 Å². The number of fused-ring (bicyclic) bond motifs is 1. The van der Waals surface area contributed by atoms with Crippen LogP contribution in [0.25, 0.3) is 33.3 Å². The normalized spacial score (nSPS) is 22.8. The van der Waals surface area contributed by atoms with Gasteiger partial charge in [-0.15, -0.1) is 0 Å². The van der Waals surface area contributed by atoms with Crippen molar-refractivity contribution < 1.29 is 14.6 Å². The summed E-state index contributed by atoms with van der Waals surface area (Å²) in [6.45, 7) is 5.54. The van der Waals surface area contributed by atoms with Crippen molar-refractivity contribution in [1.82, 2.24) is 15.3 Å². The van der Waals surface area contributed by atoms with E-state index in [1.54, 1.807) is 6.20 Å². The molecule has 2 aliphatic carbocycles. The molecule has 0 saturated heterocycles. The van der Waals surface area contributed by atoms with Crippen molar-refractivity contribution in [3.8, 4) is 22.4 Å². The average Bonchev–Trinajstić information content (AvgIpc) is 3.73. The number of hydrogen-bond donors (Lipinski definition) is 3. The fourth-order valence-corrected chi connectivity index (χ4v) is 5.89. The van der Waals surface area contributed by atoms with E-state index in [2.05, 4.69) is 28.5 Å². The van der Waals surface area contributed by atoms with E-state index in [9.17, 15) is 9.90 Å². The lowest BCUT2D eigenvalue weighted by molar-refractivity contribution is -0.118. The Bertz CT molecular complexity index is 1530. The number of hydrogen-bond acceptors (Lipinski definition) is 6. The maximum Gasteiger partial charge on any atom is 0.408 e. The number of rotatable bonds is 5. The number of alkyl carbamates (subject to hydrolysis) is 1. The van der Waals surface area contributed by atoms with Gasteiger partial charge < -0.3 is 20.9 Å². The third kappa shape index (κ3) is 4.83. The first kappa shape index (κ1) is 25.3. The topological polar surface area (TPSA) is 110 Å². The number of amides is 1. The maximum absolute atomic E-state index is 12.8. The van der Waals surface area contributed by atoms with Crippen molar-refractivity contribution in [3.63, 3.8) is 0 Å². The van der Waals surface area contributed by atoms with Gasteiger partial charge in [0.25, 0.3) is 0 Å². The zero-order chi connectivity index (χ0) is 27.4. The highest BCUT2D eigenvalue weighted by atomic mass is 16.6. The first-order valence-corrected chi connectivity index (χ1v) is 13.5. The summed E-state index contributed by atoms with van der Waals surface area (Å²) in [5, 5.41) is 15.1. The molecule has 0 bridgehead atoms. The van der Waals surface area contributed by atoms with Crippen LogP contribution in [0.2, 0.25) is 0 Å². The molecule has 2 aromatic carbocycles. The number of anilines is 1. The summed E-state index contributed by atoms with van der Waals surface area (Å²) in [6, 6.07) is 22.1. The monoisotopic (exact) mass is 522 g/mol. The fourth-order valence-electron chi connectivity index (χ4n) is 5.89. The van der Waals surface area contributed by atoms with Crippen LogP contribution in [0.15, 0.2) is 72.9 Å². The summed E-state index contributed by atoms with van der Waals surface area (Å²) >= 11 is 0. The van der Waals surface area contributed by atoms with Gasteiger partial charge in [-0.2, -0.15) is 0 Å². The van der Waals surface area contributed by atoms with Gasteiger partial charge in [-0.05, 0) is 62.8 Å². The van der Waals surface area contributed by atoms with Gasteiger partial charge in [-0.1, -0.05) is 54.6 Å². The minimum Gasteiger partial charge on any atom is -0.444 e. The zero-order valence-corrected chi connectivity index (χ0v) is 22.6. The Morgan fingerprint density at radius 2 is 1.72 bits per heavy atom. The number of nitrogens with zero attached hydrogens (tertiary/aromatic N) is 2. The Balaban J connectivity index is 1.38. The van der Waals surface area contributed by atoms with Crippen LogP contribution in [0.3, 0.4) is 0 Å². The molecule has 0 aliphatic heterocycles. The second-order valence-electron chi connectivity index (χ2n) is 12.0. The van der Waals surface area contributed by atoms with Gasteiger partial charge in [0.2, 0.25) is 0 Å². The van der Waals surface area contributed by atoms with Crippen molar-refractivity contribution in [1.29, 1.82) is 0 Å². The molecule has 2 saturated carbocycles. The minimum atomic E-state index is -0.748. The van der Waals surface area contributed by atoms with Crippen LogP contribution in [0.1, 0.15) is 52.0 Å². The molecule has 200 valence electrons. The summed E-state index contributed by atoms with van der Waals surface area (Å²) in [7, 11) is 0. The molecule has 0 spiro atoms. The third-order valence-electron chi connectivity index (χ3n) is 7.86. The Labute approximate surface area is 228 Å². The molecule has 39 heavy (non-hydrogen) atoms. The molecule has 2 aromatic heterocycles. The van der Waals surface area contributed by atoms with Crippen LogP contribution in [-0.4, -0.2) is 32.4 Å². The first-order chi connectivity index (χ1) is 18.6. The molecule has 6 rings (SSSR count). The summed E-state index contributed by atoms with van der Waals surface area (Å²) in [4.78, 5) is 22.1. The van der Waals surface area contributed by atoms with Gasteiger partial charge in [0.05, 0.1) is 22.4 Å². The van der Waals surface area contributed by atoms with Crippen LogP contribution in [-0.2, 0) is 10.3 Å². The number of carbonyl (C=O) groups is 1.